The Kier molecular flexibility index (Phi) is 4.63. The summed E-state index contributed by atoms with van der Waals surface area (Å²) in [7, 11) is 4.27. The Labute approximate surface area is 134 Å². The molecule has 0 aliphatic carbocycles. The molecule has 106 valence electrons. The number of hydrogen-bond acceptors (Lipinski definition) is 1. The monoisotopic (exact) mass is 383 g/mol. The van der Waals surface area contributed by atoms with Crippen molar-refractivity contribution >= 4 is 35.9 Å². The van der Waals surface area contributed by atoms with Crippen molar-refractivity contribution < 1.29 is 0 Å². The van der Waals surface area contributed by atoms with Crippen LogP contribution in [0.3, 0.4) is 0 Å². The summed E-state index contributed by atoms with van der Waals surface area (Å²) in [6.45, 7) is 1.02. The molecule has 0 unspecified atom stereocenters. The Bertz CT molecular complexity index is 652. The van der Waals surface area contributed by atoms with Crippen molar-refractivity contribution in [1.82, 2.24) is 4.90 Å². The summed E-state index contributed by atoms with van der Waals surface area (Å²) in [5.74, 6) is 0. The van der Waals surface area contributed by atoms with Crippen LogP contribution in [0.15, 0.2) is 56.6 Å². The van der Waals surface area contributed by atoms with Gasteiger partial charge in [-0.2, -0.15) is 0 Å². The van der Waals surface area contributed by atoms with Crippen molar-refractivity contribution in [2.45, 2.75) is 6.54 Å². The molecule has 0 bridgehead atoms. The Morgan fingerprint density at radius 1 is 0.810 bits per heavy atom. The van der Waals surface area contributed by atoms with Crippen molar-refractivity contribution in [3.63, 3.8) is 0 Å². The number of rotatable bonds is 3. The molecule has 1 heterocycles. The van der Waals surface area contributed by atoms with Crippen LogP contribution < -0.4 is 3.51 Å². The van der Waals surface area contributed by atoms with Crippen LogP contribution in [0.4, 0.5) is 0 Å². The van der Waals surface area contributed by atoms with Crippen molar-refractivity contribution in [2.75, 3.05) is 14.1 Å². The molecular weight excluding hydrogens is 364 g/mol. The summed E-state index contributed by atoms with van der Waals surface area (Å²) in [4.78, 5) is 2.25. The van der Waals surface area contributed by atoms with Gasteiger partial charge in [0.25, 0.3) is 0 Å². The second-order valence-electron chi connectivity index (χ2n) is 5.53. The van der Waals surface area contributed by atoms with E-state index in [2.05, 4.69) is 87.7 Å². The fourth-order valence-corrected chi connectivity index (χ4v) is 7.71. The van der Waals surface area contributed by atoms with E-state index in [9.17, 15) is 0 Å². The SMILES string of the molecule is CN(C)Cc1cccc[c]1[Sb]1[CH]=Cc2ccccc2C=[CH]1. The quantitative estimate of drug-likeness (QED) is 0.735. The zero-order valence-electron chi connectivity index (χ0n) is 12.5. The van der Waals surface area contributed by atoms with Crippen LogP contribution in [0, 0.1) is 0 Å². The minimum atomic E-state index is -1.70. The van der Waals surface area contributed by atoms with Gasteiger partial charge in [-0.05, 0) is 0 Å². The summed E-state index contributed by atoms with van der Waals surface area (Å²) < 4.78 is 6.55. The van der Waals surface area contributed by atoms with Crippen molar-refractivity contribution in [2.24, 2.45) is 0 Å². The van der Waals surface area contributed by atoms with Crippen LogP contribution in [0.25, 0.3) is 12.2 Å². The third kappa shape index (κ3) is 3.48. The summed E-state index contributed by atoms with van der Waals surface area (Å²) in [5.41, 5.74) is 4.16. The predicted molar refractivity (Wildman–Crippen MR) is 93.7 cm³/mol. The Morgan fingerprint density at radius 3 is 2.00 bits per heavy atom. The van der Waals surface area contributed by atoms with Crippen LogP contribution in [0.2, 0.25) is 0 Å². The molecule has 0 N–H and O–H groups in total. The number of nitrogens with zero attached hydrogens (tertiary/aromatic N) is 1. The molecule has 0 aromatic heterocycles. The first-order valence-electron chi connectivity index (χ1n) is 7.20. The third-order valence-electron chi connectivity index (χ3n) is 3.58. The molecule has 21 heavy (non-hydrogen) atoms. The van der Waals surface area contributed by atoms with Gasteiger partial charge < -0.3 is 0 Å². The molecule has 0 spiro atoms. The zero-order valence-corrected chi connectivity index (χ0v) is 15.1. The molecule has 0 fully saturated rings. The Balaban J connectivity index is 1.96. The molecule has 0 radical (unpaired) electrons. The third-order valence-corrected chi connectivity index (χ3v) is 9.10. The van der Waals surface area contributed by atoms with Crippen molar-refractivity contribution in [1.29, 1.82) is 0 Å². The molecule has 0 atom stereocenters. The fraction of sp³-hybridized carbons (Fsp3) is 0.158. The maximum atomic E-state index is 2.49. The number of hydrogen-bond donors (Lipinski definition) is 0. The first kappa shape index (κ1) is 14.6. The van der Waals surface area contributed by atoms with E-state index in [1.54, 1.807) is 3.51 Å². The molecule has 1 nitrogen and oxygen atoms in total. The first-order chi connectivity index (χ1) is 10.2. The topological polar surface area (TPSA) is 3.24 Å². The summed E-state index contributed by atoms with van der Waals surface area (Å²) in [6.07, 6.45) is 4.65. The van der Waals surface area contributed by atoms with Gasteiger partial charge in [0.05, 0.1) is 0 Å². The van der Waals surface area contributed by atoms with E-state index >= 15 is 0 Å². The molecule has 3 rings (SSSR count). The van der Waals surface area contributed by atoms with E-state index in [0.717, 1.165) is 6.54 Å². The van der Waals surface area contributed by atoms with E-state index in [4.69, 9.17) is 0 Å². The number of benzene rings is 2. The van der Waals surface area contributed by atoms with Crippen LogP contribution in [0.5, 0.6) is 0 Å². The molecule has 0 saturated heterocycles. The average Bonchev–Trinajstić information content (AvgIpc) is 2.70. The molecule has 2 aromatic carbocycles. The van der Waals surface area contributed by atoms with Crippen LogP contribution >= 0.6 is 0 Å². The fourth-order valence-electron chi connectivity index (χ4n) is 2.58. The Morgan fingerprint density at radius 2 is 1.38 bits per heavy atom. The van der Waals surface area contributed by atoms with Gasteiger partial charge >= 0.3 is 135 Å². The Hall–Kier alpha value is -1.30. The summed E-state index contributed by atoms with van der Waals surface area (Å²) in [6, 6.07) is 17.6. The second kappa shape index (κ2) is 6.64. The standard InChI is InChI=1S/C10H8.C9H12N.Sb/c1-3-9-7-5-6-8-10(9)4-2;1-10(2)8-9-6-4-3-5-7-9;/h1-8H;3-6H,8H2,1-2H3;. The average molecular weight is 384 g/mol. The molecule has 0 amide bonds. The van der Waals surface area contributed by atoms with E-state index < -0.39 is 20.2 Å². The van der Waals surface area contributed by atoms with Crippen LogP contribution in [0.1, 0.15) is 16.7 Å². The predicted octanol–water partition coefficient (Wildman–Crippen LogP) is 3.27. The molecule has 2 heteroatoms. The first-order valence-corrected chi connectivity index (χ1v) is 11.4. The van der Waals surface area contributed by atoms with Gasteiger partial charge in [-0.1, -0.05) is 0 Å². The normalized spacial score (nSPS) is 14.2. The van der Waals surface area contributed by atoms with Crippen LogP contribution in [-0.2, 0) is 6.54 Å². The van der Waals surface area contributed by atoms with Gasteiger partial charge in [0.15, 0.2) is 0 Å². The molecule has 1 aliphatic heterocycles. The molecular formula is C19H20NSb. The summed E-state index contributed by atoms with van der Waals surface area (Å²) >= 11 is -1.70. The van der Waals surface area contributed by atoms with Gasteiger partial charge in [-0.25, -0.2) is 0 Å². The van der Waals surface area contributed by atoms with E-state index in [-0.39, 0.29) is 0 Å². The van der Waals surface area contributed by atoms with Gasteiger partial charge in [-0.15, -0.1) is 0 Å². The van der Waals surface area contributed by atoms with E-state index in [0.29, 0.717) is 0 Å². The second-order valence-corrected chi connectivity index (χ2v) is 10.9. The molecule has 1 aliphatic rings. The van der Waals surface area contributed by atoms with Gasteiger partial charge in [-0.3, -0.25) is 0 Å². The van der Waals surface area contributed by atoms with Crippen molar-refractivity contribution in [3.05, 3.63) is 73.3 Å². The summed E-state index contributed by atoms with van der Waals surface area (Å²) in [5, 5.41) is 0. The molecule has 0 saturated carbocycles. The van der Waals surface area contributed by atoms with Gasteiger partial charge in [0, 0.05) is 0 Å². The van der Waals surface area contributed by atoms with E-state index in [1.165, 1.54) is 16.7 Å². The van der Waals surface area contributed by atoms with Gasteiger partial charge in [0.2, 0.25) is 0 Å². The van der Waals surface area contributed by atoms with E-state index in [1.807, 2.05) is 0 Å². The zero-order chi connectivity index (χ0) is 14.7. The maximum absolute atomic E-state index is 2.49. The number of fused-ring (bicyclic) bond motifs is 1. The molecule has 2 aromatic rings. The van der Waals surface area contributed by atoms with Gasteiger partial charge in [0.1, 0.15) is 0 Å². The van der Waals surface area contributed by atoms with Crippen LogP contribution in [-0.4, -0.2) is 39.2 Å². The minimum absolute atomic E-state index is 1.02. The van der Waals surface area contributed by atoms with Crippen molar-refractivity contribution in [3.8, 4) is 0 Å².